The van der Waals surface area contributed by atoms with Gasteiger partial charge in [-0.15, -0.1) is 0 Å². The SMILES string of the molecule is O=C(O)CC1(NC(=O)[C@H]2CCCN2)CCCCC1. The third kappa shape index (κ3) is 3.22. The Labute approximate surface area is 107 Å². The first-order valence-electron chi connectivity index (χ1n) is 6.89. The fourth-order valence-electron chi connectivity index (χ4n) is 3.12. The van der Waals surface area contributed by atoms with Crippen LogP contribution in [0.25, 0.3) is 0 Å². The fraction of sp³-hybridized carbons (Fsp3) is 0.846. The second-order valence-corrected chi connectivity index (χ2v) is 5.55. The van der Waals surface area contributed by atoms with E-state index in [1.54, 1.807) is 0 Å². The van der Waals surface area contributed by atoms with Crippen LogP contribution in [0.4, 0.5) is 0 Å². The summed E-state index contributed by atoms with van der Waals surface area (Å²) in [6.07, 6.45) is 6.65. The lowest BCUT2D eigenvalue weighted by atomic mass is 9.79. The molecule has 1 heterocycles. The summed E-state index contributed by atoms with van der Waals surface area (Å²) in [5, 5.41) is 15.2. The number of amides is 1. The van der Waals surface area contributed by atoms with Crippen LogP contribution in [0.2, 0.25) is 0 Å². The number of hydrogen-bond acceptors (Lipinski definition) is 3. The molecule has 18 heavy (non-hydrogen) atoms. The van der Waals surface area contributed by atoms with E-state index in [1.807, 2.05) is 0 Å². The summed E-state index contributed by atoms with van der Waals surface area (Å²) in [7, 11) is 0. The van der Waals surface area contributed by atoms with E-state index in [0.717, 1.165) is 51.5 Å². The number of hydrogen-bond donors (Lipinski definition) is 3. The van der Waals surface area contributed by atoms with Gasteiger partial charge in [-0.1, -0.05) is 19.3 Å². The molecule has 0 unspecified atom stereocenters. The molecular formula is C13H22N2O3. The number of carbonyl (C=O) groups is 2. The lowest BCUT2D eigenvalue weighted by molar-refractivity contribution is -0.139. The zero-order chi connectivity index (χ0) is 13.0. The maximum Gasteiger partial charge on any atom is 0.305 e. The molecule has 0 bridgehead atoms. The molecular weight excluding hydrogens is 232 g/mol. The Kier molecular flexibility index (Phi) is 4.22. The third-order valence-electron chi connectivity index (χ3n) is 4.07. The lowest BCUT2D eigenvalue weighted by Gasteiger charge is -2.37. The van der Waals surface area contributed by atoms with Crippen LogP contribution >= 0.6 is 0 Å². The molecule has 1 atom stereocenters. The average molecular weight is 254 g/mol. The van der Waals surface area contributed by atoms with Crippen molar-refractivity contribution in [2.24, 2.45) is 0 Å². The first kappa shape index (κ1) is 13.3. The Morgan fingerprint density at radius 3 is 2.50 bits per heavy atom. The summed E-state index contributed by atoms with van der Waals surface area (Å²) in [6, 6.07) is -0.127. The molecule has 1 aliphatic carbocycles. The molecule has 1 aliphatic heterocycles. The smallest absolute Gasteiger partial charge is 0.305 e. The molecule has 2 fully saturated rings. The van der Waals surface area contributed by atoms with Crippen molar-refractivity contribution in [3.8, 4) is 0 Å². The molecule has 2 rings (SSSR count). The standard InChI is InChI=1S/C13H22N2O3/c16-11(17)9-13(6-2-1-3-7-13)15-12(18)10-5-4-8-14-10/h10,14H,1-9H2,(H,15,18)(H,16,17)/t10-/m1/s1. The highest BCUT2D eigenvalue weighted by Crippen LogP contribution is 2.31. The summed E-state index contributed by atoms with van der Waals surface area (Å²) in [5.74, 6) is -0.841. The van der Waals surface area contributed by atoms with Crippen molar-refractivity contribution < 1.29 is 14.7 Å². The summed E-state index contributed by atoms with van der Waals surface area (Å²) in [6.45, 7) is 0.879. The molecule has 0 spiro atoms. The second kappa shape index (κ2) is 5.69. The highest BCUT2D eigenvalue weighted by atomic mass is 16.4. The minimum Gasteiger partial charge on any atom is -0.481 e. The Hall–Kier alpha value is -1.10. The van der Waals surface area contributed by atoms with Gasteiger partial charge in [-0.3, -0.25) is 9.59 Å². The van der Waals surface area contributed by atoms with Gasteiger partial charge in [0.05, 0.1) is 18.0 Å². The molecule has 3 N–H and O–H groups in total. The van der Waals surface area contributed by atoms with Crippen molar-refractivity contribution >= 4 is 11.9 Å². The van der Waals surface area contributed by atoms with Crippen molar-refractivity contribution in [2.45, 2.75) is 62.9 Å². The van der Waals surface area contributed by atoms with Crippen LogP contribution in [0, 0.1) is 0 Å². The molecule has 1 saturated heterocycles. The van der Waals surface area contributed by atoms with Gasteiger partial charge in [-0.05, 0) is 32.2 Å². The zero-order valence-corrected chi connectivity index (χ0v) is 10.7. The van der Waals surface area contributed by atoms with Crippen LogP contribution in [0.5, 0.6) is 0 Å². The van der Waals surface area contributed by atoms with Gasteiger partial charge >= 0.3 is 5.97 Å². The minimum absolute atomic E-state index is 0.0179. The maximum atomic E-state index is 12.1. The highest BCUT2D eigenvalue weighted by molar-refractivity contribution is 5.83. The minimum atomic E-state index is -0.823. The first-order valence-corrected chi connectivity index (χ1v) is 6.89. The average Bonchev–Trinajstić information content (AvgIpc) is 2.82. The zero-order valence-electron chi connectivity index (χ0n) is 10.7. The quantitative estimate of drug-likeness (QED) is 0.700. The molecule has 1 saturated carbocycles. The fourth-order valence-corrected chi connectivity index (χ4v) is 3.12. The Morgan fingerprint density at radius 2 is 1.94 bits per heavy atom. The molecule has 2 aliphatic rings. The van der Waals surface area contributed by atoms with E-state index in [1.165, 1.54) is 0 Å². The maximum absolute atomic E-state index is 12.1. The summed E-state index contributed by atoms with van der Waals surface area (Å²) in [5.41, 5.74) is -0.508. The normalized spacial score (nSPS) is 26.8. The van der Waals surface area contributed by atoms with Gasteiger partial charge in [0.15, 0.2) is 0 Å². The van der Waals surface area contributed by atoms with E-state index in [0.29, 0.717) is 0 Å². The molecule has 0 aromatic rings. The van der Waals surface area contributed by atoms with E-state index in [4.69, 9.17) is 5.11 Å². The van der Waals surface area contributed by atoms with E-state index in [-0.39, 0.29) is 18.4 Å². The van der Waals surface area contributed by atoms with E-state index in [2.05, 4.69) is 10.6 Å². The van der Waals surface area contributed by atoms with E-state index >= 15 is 0 Å². The molecule has 5 nitrogen and oxygen atoms in total. The second-order valence-electron chi connectivity index (χ2n) is 5.55. The van der Waals surface area contributed by atoms with Gasteiger partial charge in [0.1, 0.15) is 0 Å². The van der Waals surface area contributed by atoms with Crippen LogP contribution in [0.15, 0.2) is 0 Å². The summed E-state index contributed by atoms with van der Waals surface area (Å²) < 4.78 is 0. The highest BCUT2D eigenvalue weighted by Gasteiger charge is 2.37. The van der Waals surface area contributed by atoms with Crippen molar-refractivity contribution in [3.63, 3.8) is 0 Å². The van der Waals surface area contributed by atoms with Crippen LogP contribution < -0.4 is 10.6 Å². The molecule has 0 aromatic heterocycles. The van der Waals surface area contributed by atoms with Gasteiger partial charge in [-0.2, -0.15) is 0 Å². The number of carboxylic acids is 1. The van der Waals surface area contributed by atoms with Crippen molar-refractivity contribution in [2.75, 3.05) is 6.54 Å². The Morgan fingerprint density at radius 1 is 1.22 bits per heavy atom. The van der Waals surface area contributed by atoms with Gasteiger partial charge in [-0.25, -0.2) is 0 Å². The molecule has 5 heteroatoms. The summed E-state index contributed by atoms with van der Waals surface area (Å²) in [4.78, 5) is 23.1. The number of carboxylic acid groups (broad SMARTS) is 1. The third-order valence-corrected chi connectivity index (χ3v) is 4.07. The number of carbonyl (C=O) groups excluding carboxylic acids is 1. The Balaban J connectivity index is 1.99. The van der Waals surface area contributed by atoms with Crippen molar-refractivity contribution in [1.82, 2.24) is 10.6 Å². The van der Waals surface area contributed by atoms with E-state index < -0.39 is 11.5 Å². The van der Waals surface area contributed by atoms with Gasteiger partial charge < -0.3 is 15.7 Å². The largest absolute Gasteiger partial charge is 0.481 e. The van der Waals surface area contributed by atoms with Crippen molar-refractivity contribution in [1.29, 1.82) is 0 Å². The van der Waals surface area contributed by atoms with Gasteiger partial charge in [0.25, 0.3) is 0 Å². The number of aliphatic carboxylic acids is 1. The van der Waals surface area contributed by atoms with Crippen molar-refractivity contribution in [3.05, 3.63) is 0 Å². The predicted octanol–water partition coefficient (Wildman–Crippen LogP) is 1.03. The predicted molar refractivity (Wildman–Crippen MR) is 67.2 cm³/mol. The van der Waals surface area contributed by atoms with Gasteiger partial charge in [0, 0.05) is 0 Å². The molecule has 0 aromatic carbocycles. The summed E-state index contributed by atoms with van der Waals surface area (Å²) >= 11 is 0. The Bertz CT molecular complexity index is 318. The molecule has 1 amide bonds. The van der Waals surface area contributed by atoms with Crippen LogP contribution in [0.1, 0.15) is 51.4 Å². The monoisotopic (exact) mass is 254 g/mol. The van der Waals surface area contributed by atoms with Crippen LogP contribution in [-0.2, 0) is 9.59 Å². The molecule has 102 valence electrons. The molecule has 0 radical (unpaired) electrons. The topological polar surface area (TPSA) is 78.4 Å². The van der Waals surface area contributed by atoms with Gasteiger partial charge in [0.2, 0.25) is 5.91 Å². The van der Waals surface area contributed by atoms with E-state index in [9.17, 15) is 9.59 Å². The van der Waals surface area contributed by atoms with Crippen LogP contribution in [-0.4, -0.2) is 35.1 Å². The first-order chi connectivity index (χ1) is 8.61. The lowest BCUT2D eigenvalue weighted by Crippen LogP contribution is -2.55. The number of rotatable bonds is 4. The number of nitrogens with one attached hydrogen (secondary N) is 2. The van der Waals surface area contributed by atoms with Crippen LogP contribution in [0.3, 0.4) is 0 Å².